The van der Waals surface area contributed by atoms with E-state index in [2.05, 4.69) is 211 Å². The van der Waals surface area contributed by atoms with E-state index in [1.54, 1.807) is 28.4 Å². The van der Waals surface area contributed by atoms with Crippen LogP contribution in [0.3, 0.4) is 0 Å². The Bertz CT molecular complexity index is 4690. The fraction of sp³-hybridized carbons (Fsp3) is 0.200. The fourth-order valence-electron chi connectivity index (χ4n) is 12.1. The summed E-state index contributed by atoms with van der Waals surface area (Å²) in [5, 5.41) is 41.0. The van der Waals surface area contributed by atoms with E-state index in [1.165, 1.54) is 65.6 Å². The summed E-state index contributed by atoms with van der Waals surface area (Å²) in [7, 11) is 5.76. The summed E-state index contributed by atoms with van der Waals surface area (Å²) in [6.07, 6.45) is 1.38. The van der Waals surface area contributed by atoms with Crippen LogP contribution in [0, 0.1) is 0 Å². The molecule has 0 amide bonds. The van der Waals surface area contributed by atoms with Gasteiger partial charge >= 0.3 is 0 Å². The number of halogens is 2. The topological polar surface area (TPSA) is 127 Å². The van der Waals surface area contributed by atoms with Gasteiger partial charge in [-0.15, -0.1) is 0 Å². The number of ether oxygens (including phenoxy) is 5. The molecule has 0 aliphatic carbocycles. The molecule has 0 saturated carbocycles. The molecule has 2 heterocycles. The first-order valence-corrected chi connectivity index (χ1v) is 40.3. The Balaban J connectivity index is 0.000000141. The fourth-order valence-corrected chi connectivity index (χ4v) is 21.2. The largest absolute Gasteiger partial charge is 0.497 e. The lowest BCUT2D eigenvalue weighted by Gasteiger charge is -2.26. The second-order valence-corrected chi connectivity index (χ2v) is 35.8. The van der Waals surface area contributed by atoms with E-state index < -0.39 is 0 Å². The molecule has 0 saturated heterocycles. The molecular formula is C90H90Cl2O9S4+4. The number of aliphatic hydroxyl groups excluding tert-OH is 4. The van der Waals surface area contributed by atoms with Gasteiger partial charge in [-0.25, -0.2) is 0 Å². The molecule has 1 aliphatic heterocycles. The number of hydrogen-bond donors (Lipinski definition) is 4. The highest BCUT2D eigenvalue weighted by Crippen LogP contribution is 2.51. The second kappa shape index (κ2) is 35.6. The van der Waals surface area contributed by atoms with Crippen LogP contribution in [0.1, 0.15) is 74.9 Å². The van der Waals surface area contributed by atoms with Gasteiger partial charge in [0.05, 0.1) is 63.4 Å². The third-order valence-corrected chi connectivity index (χ3v) is 27.3. The van der Waals surface area contributed by atoms with Crippen molar-refractivity contribution in [1.82, 2.24) is 0 Å². The molecule has 0 fully saturated rings. The number of fused-ring (bicyclic) bond motifs is 5. The Morgan fingerprint density at radius 3 is 1.13 bits per heavy atom. The molecule has 0 unspecified atom stereocenters. The van der Waals surface area contributed by atoms with Crippen LogP contribution in [0.15, 0.2) is 311 Å². The zero-order valence-corrected chi connectivity index (χ0v) is 65.6. The summed E-state index contributed by atoms with van der Waals surface area (Å²) < 4.78 is 30.5. The number of aliphatic hydroxyl groups is 4. The van der Waals surface area contributed by atoms with Gasteiger partial charge in [0.25, 0.3) is 0 Å². The van der Waals surface area contributed by atoms with Crippen molar-refractivity contribution in [3.63, 3.8) is 0 Å². The minimum atomic E-state index is -0.321. The van der Waals surface area contributed by atoms with Gasteiger partial charge < -0.3 is 44.1 Å². The van der Waals surface area contributed by atoms with Gasteiger partial charge in [-0.05, 0) is 227 Å². The average molecular weight is 1510 g/mol. The number of thiophene rings is 1. The second-order valence-electron chi connectivity index (χ2n) is 27.0. The number of hydrogen-bond acceptors (Lipinski definition) is 9. The summed E-state index contributed by atoms with van der Waals surface area (Å²) in [4.78, 5) is 12.1. The van der Waals surface area contributed by atoms with Crippen LogP contribution in [-0.4, -0.2) is 62.1 Å². The first-order chi connectivity index (χ1) is 50.7. The van der Waals surface area contributed by atoms with Gasteiger partial charge in [0.15, 0.2) is 60.1 Å². The minimum Gasteiger partial charge on any atom is -0.497 e. The first-order valence-electron chi connectivity index (χ1n) is 34.6. The maximum atomic E-state index is 9.51. The Labute approximate surface area is 639 Å². The zero-order valence-electron chi connectivity index (χ0n) is 60.9. The molecule has 0 radical (unpaired) electrons. The number of methoxy groups -OCH3 is 4. The van der Waals surface area contributed by atoms with Crippen molar-refractivity contribution >= 4 is 86.5 Å². The highest BCUT2D eigenvalue weighted by Gasteiger charge is 2.41. The quantitative estimate of drug-likeness (QED) is 0.0621. The number of benzene rings is 12. The zero-order chi connectivity index (χ0) is 74.4. The lowest BCUT2D eigenvalue weighted by Crippen LogP contribution is -2.17. The Kier molecular flexibility index (Phi) is 26.3. The average Bonchev–Trinajstić information content (AvgIpc) is 1.59. The maximum Gasteiger partial charge on any atom is 0.209 e. The normalized spacial score (nSPS) is 11.9. The monoisotopic (exact) mass is 1510 g/mol. The molecule has 1 aliphatic rings. The summed E-state index contributed by atoms with van der Waals surface area (Å²) in [5.41, 5.74) is 6.82. The Hall–Kier alpha value is -8.67. The molecule has 1 aromatic heterocycles. The lowest BCUT2D eigenvalue weighted by molar-refractivity contribution is 0.281. The van der Waals surface area contributed by atoms with E-state index in [-0.39, 0.29) is 80.4 Å². The van der Waals surface area contributed by atoms with E-state index in [1.807, 2.05) is 97.1 Å². The molecular weight excluding hydrogens is 1420 g/mol. The third kappa shape index (κ3) is 18.9. The van der Waals surface area contributed by atoms with Gasteiger partial charge in [-0.1, -0.05) is 138 Å². The third-order valence-electron chi connectivity index (χ3n) is 17.8. The van der Waals surface area contributed by atoms with Crippen molar-refractivity contribution in [2.45, 2.75) is 122 Å². The molecule has 14 rings (SSSR count). The van der Waals surface area contributed by atoms with Gasteiger partial charge in [0.2, 0.25) is 9.79 Å². The molecule has 15 heteroatoms. The highest BCUT2D eigenvalue weighted by molar-refractivity contribution is 7.97. The summed E-state index contributed by atoms with van der Waals surface area (Å²) >= 11 is 12.5. The minimum absolute atomic E-state index is 0.0290. The predicted molar refractivity (Wildman–Crippen MR) is 437 cm³/mol. The predicted octanol–water partition coefficient (Wildman–Crippen LogP) is 22.2. The molecule has 105 heavy (non-hydrogen) atoms. The van der Waals surface area contributed by atoms with E-state index >= 15 is 0 Å². The van der Waals surface area contributed by atoms with Crippen molar-refractivity contribution < 1.29 is 44.1 Å². The van der Waals surface area contributed by atoms with Crippen LogP contribution in [0.2, 0.25) is 10.0 Å². The first kappa shape index (κ1) is 77.4. The summed E-state index contributed by atoms with van der Waals surface area (Å²) in [6, 6.07) is 91.7. The molecule has 0 spiro atoms. The van der Waals surface area contributed by atoms with Gasteiger partial charge in [-0.3, -0.25) is 0 Å². The molecule has 538 valence electrons. The Morgan fingerprint density at radius 1 is 0.352 bits per heavy atom. The van der Waals surface area contributed by atoms with Crippen molar-refractivity contribution in [1.29, 1.82) is 0 Å². The van der Waals surface area contributed by atoms with E-state index in [9.17, 15) is 15.3 Å². The standard InChI is InChI=1S/C28H33O2S.2C21H21O3S.C20H15Cl2OS/c1-27(2,3)20-9-13-25-23(17-20)30-24-18-21(28(4,5)6)10-14-26(24)31(25)22-11-7-19(8-12-22)15-16-29;1-23-17-5-11-20(12-6-17)25(19-9-3-16(15-22)4-10-19)21-13-7-18(24-2)8-14-21;1-23-17-7-4-10-20(13-17)25(19-9-3-6-16(12-19)15-22)21-11-5-8-18(14-21)24-2;21-14-3-7-19-17(11-14)18-12-15(22)4-8-20(18)24(19)16-5-1-13(2-6-16)9-10-23/h7-14,17-18,29H,15-16H2,1-6H3;2*3-14,22H,15H2,1-2H3;1-8,11-12,23H,9-10H2/q4*+1. The van der Waals surface area contributed by atoms with Crippen LogP contribution < -0.4 is 23.7 Å². The van der Waals surface area contributed by atoms with Crippen LogP contribution in [-0.2, 0) is 69.6 Å². The number of rotatable bonds is 18. The van der Waals surface area contributed by atoms with Crippen molar-refractivity contribution in [3.05, 3.63) is 310 Å². The molecule has 0 bridgehead atoms. The molecule has 0 atom stereocenters. The molecule has 9 nitrogen and oxygen atoms in total. The van der Waals surface area contributed by atoms with Gasteiger partial charge in [0, 0.05) is 68.8 Å². The summed E-state index contributed by atoms with van der Waals surface area (Å²) in [6.45, 7) is 13.9. The maximum absolute atomic E-state index is 9.51. The van der Waals surface area contributed by atoms with Crippen molar-refractivity contribution in [3.8, 4) is 39.4 Å². The van der Waals surface area contributed by atoms with Gasteiger partial charge in [0.1, 0.15) is 33.9 Å². The van der Waals surface area contributed by atoms with Crippen LogP contribution >= 0.6 is 33.7 Å². The summed E-state index contributed by atoms with van der Waals surface area (Å²) in [5.74, 6) is 5.28. The smallest absolute Gasteiger partial charge is 0.209 e. The van der Waals surface area contributed by atoms with Crippen LogP contribution in [0.5, 0.6) is 34.5 Å². The van der Waals surface area contributed by atoms with Crippen molar-refractivity contribution in [2.75, 3.05) is 41.7 Å². The Morgan fingerprint density at radius 2 is 0.733 bits per heavy atom. The van der Waals surface area contributed by atoms with Crippen LogP contribution in [0.25, 0.3) is 25.1 Å². The van der Waals surface area contributed by atoms with E-state index in [0.717, 1.165) is 81.5 Å². The van der Waals surface area contributed by atoms with Crippen LogP contribution in [0.4, 0.5) is 0 Å². The van der Waals surface area contributed by atoms with E-state index in [0.29, 0.717) is 12.8 Å². The van der Waals surface area contributed by atoms with E-state index in [4.69, 9.17) is 52.0 Å². The van der Waals surface area contributed by atoms with Crippen molar-refractivity contribution in [2.24, 2.45) is 0 Å². The molecule has 12 aromatic carbocycles. The SMILES string of the molecule is CC(C)(C)c1ccc2c(c1)Oc1cc(C(C)(C)C)ccc1[S+]2c1ccc(CCO)cc1.COc1ccc([S+](c2ccc(CO)cc2)c2ccc(OC)cc2)cc1.COc1cccc([S+](c2cccc(CO)c2)c2cccc(OC)c2)c1.OCCc1ccc(-[s+]2c3ccc(Cl)cc3c3cc(Cl)ccc32)cc1. The van der Waals surface area contributed by atoms with Gasteiger partial charge in [-0.2, -0.15) is 0 Å². The molecule has 13 aromatic rings. The molecule has 4 N–H and O–H groups in total. The lowest BCUT2D eigenvalue weighted by atomic mass is 9.87. The highest BCUT2D eigenvalue weighted by atomic mass is 35.5.